The normalized spacial score (nSPS) is 24.1. The highest BCUT2D eigenvalue weighted by Crippen LogP contribution is 2.13. The highest BCUT2D eigenvalue weighted by atomic mass is 15.3. The molecule has 1 aromatic carbocycles. The SMILES string of the molecule is CN1CCN(C)C(C(Cc2ccccc2)NN)C1. The molecule has 1 aromatic rings. The van der Waals surface area contributed by atoms with E-state index in [0.717, 1.165) is 26.1 Å². The largest absolute Gasteiger partial charge is 0.303 e. The van der Waals surface area contributed by atoms with Crippen molar-refractivity contribution in [2.45, 2.75) is 18.5 Å². The topological polar surface area (TPSA) is 44.5 Å². The Bertz CT molecular complexity index is 354. The molecule has 2 atom stereocenters. The van der Waals surface area contributed by atoms with Crippen LogP contribution < -0.4 is 11.3 Å². The van der Waals surface area contributed by atoms with Crippen LogP contribution in [0.3, 0.4) is 0 Å². The van der Waals surface area contributed by atoms with Crippen LogP contribution in [0.25, 0.3) is 0 Å². The third kappa shape index (κ3) is 3.29. The van der Waals surface area contributed by atoms with Gasteiger partial charge in [-0.3, -0.25) is 16.2 Å². The summed E-state index contributed by atoms with van der Waals surface area (Å²) in [5.41, 5.74) is 4.34. The highest BCUT2D eigenvalue weighted by Gasteiger charge is 2.29. The first-order valence-electron chi connectivity index (χ1n) is 6.59. The van der Waals surface area contributed by atoms with Crippen LogP contribution in [0.5, 0.6) is 0 Å². The minimum Gasteiger partial charge on any atom is -0.303 e. The summed E-state index contributed by atoms with van der Waals surface area (Å²) in [6.45, 7) is 3.31. The van der Waals surface area contributed by atoms with Gasteiger partial charge < -0.3 is 4.90 Å². The third-order valence-electron chi connectivity index (χ3n) is 3.88. The Kier molecular flexibility index (Phi) is 4.72. The number of nitrogens with zero attached hydrogens (tertiary/aromatic N) is 2. The maximum Gasteiger partial charge on any atom is 0.0418 e. The Morgan fingerprint density at radius 2 is 2.00 bits per heavy atom. The molecular formula is C14H24N4. The fourth-order valence-corrected chi connectivity index (χ4v) is 2.65. The van der Waals surface area contributed by atoms with Crippen LogP contribution in [0, 0.1) is 0 Å². The lowest BCUT2D eigenvalue weighted by Gasteiger charge is -2.41. The minimum absolute atomic E-state index is 0.292. The molecule has 1 saturated heterocycles. The number of likely N-dealkylation sites (N-methyl/N-ethyl adjacent to an activating group) is 2. The molecule has 100 valence electrons. The maximum absolute atomic E-state index is 5.76. The highest BCUT2D eigenvalue weighted by molar-refractivity contribution is 5.16. The molecule has 0 aliphatic carbocycles. The van der Waals surface area contributed by atoms with E-state index in [0.29, 0.717) is 12.1 Å². The van der Waals surface area contributed by atoms with Crippen molar-refractivity contribution in [1.82, 2.24) is 15.2 Å². The van der Waals surface area contributed by atoms with E-state index in [1.807, 2.05) is 0 Å². The summed E-state index contributed by atoms with van der Waals surface area (Å²) in [4.78, 5) is 4.79. The second-order valence-electron chi connectivity index (χ2n) is 5.27. The first-order chi connectivity index (χ1) is 8.70. The van der Waals surface area contributed by atoms with E-state index in [1.165, 1.54) is 5.56 Å². The molecular weight excluding hydrogens is 224 g/mol. The Balaban J connectivity index is 2.03. The molecule has 1 fully saturated rings. The molecule has 3 N–H and O–H groups in total. The zero-order valence-corrected chi connectivity index (χ0v) is 11.3. The molecule has 4 nitrogen and oxygen atoms in total. The second kappa shape index (κ2) is 6.29. The molecule has 2 rings (SSSR count). The number of nitrogens with two attached hydrogens (primary N) is 1. The van der Waals surface area contributed by atoms with Gasteiger partial charge in [-0.05, 0) is 26.1 Å². The van der Waals surface area contributed by atoms with Crippen LogP contribution in [-0.2, 0) is 6.42 Å². The summed E-state index contributed by atoms with van der Waals surface area (Å²) in [5.74, 6) is 5.76. The van der Waals surface area contributed by atoms with Crippen molar-refractivity contribution in [2.75, 3.05) is 33.7 Å². The van der Waals surface area contributed by atoms with Gasteiger partial charge in [-0.2, -0.15) is 0 Å². The Hall–Kier alpha value is -0.940. The summed E-state index contributed by atoms with van der Waals surface area (Å²) in [5, 5.41) is 0. The van der Waals surface area contributed by atoms with Gasteiger partial charge in [0.1, 0.15) is 0 Å². The number of rotatable bonds is 4. The predicted octanol–water partition coefficient (Wildman–Crippen LogP) is 0.307. The van der Waals surface area contributed by atoms with Crippen LogP contribution in [0.1, 0.15) is 5.56 Å². The summed E-state index contributed by atoms with van der Waals surface area (Å²) in [7, 11) is 4.36. The molecule has 18 heavy (non-hydrogen) atoms. The summed E-state index contributed by atoms with van der Waals surface area (Å²) >= 11 is 0. The Labute approximate surface area is 110 Å². The van der Waals surface area contributed by atoms with Gasteiger partial charge in [0.05, 0.1) is 0 Å². The average molecular weight is 248 g/mol. The van der Waals surface area contributed by atoms with Crippen LogP contribution in [0.2, 0.25) is 0 Å². The van der Waals surface area contributed by atoms with Gasteiger partial charge >= 0.3 is 0 Å². The number of benzene rings is 1. The van der Waals surface area contributed by atoms with Crippen molar-refractivity contribution in [3.05, 3.63) is 35.9 Å². The maximum atomic E-state index is 5.76. The number of piperazine rings is 1. The van der Waals surface area contributed by atoms with Gasteiger partial charge in [0.25, 0.3) is 0 Å². The number of hydrazine groups is 1. The molecule has 0 spiro atoms. The van der Waals surface area contributed by atoms with Gasteiger partial charge in [0, 0.05) is 31.7 Å². The smallest absolute Gasteiger partial charge is 0.0418 e. The quantitative estimate of drug-likeness (QED) is 0.594. The zero-order valence-electron chi connectivity index (χ0n) is 11.3. The molecule has 0 amide bonds. The van der Waals surface area contributed by atoms with Crippen molar-refractivity contribution >= 4 is 0 Å². The summed E-state index contributed by atoms with van der Waals surface area (Å²) in [6.07, 6.45) is 0.972. The van der Waals surface area contributed by atoms with E-state index in [9.17, 15) is 0 Å². The molecule has 4 heteroatoms. The van der Waals surface area contributed by atoms with Crippen molar-refractivity contribution in [3.8, 4) is 0 Å². The van der Waals surface area contributed by atoms with Gasteiger partial charge in [-0.25, -0.2) is 0 Å². The zero-order chi connectivity index (χ0) is 13.0. The van der Waals surface area contributed by atoms with Crippen molar-refractivity contribution in [2.24, 2.45) is 5.84 Å². The number of hydrogen-bond acceptors (Lipinski definition) is 4. The fraction of sp³-hybridized carbons (Fsp3) is 0.571. The van der Waals surface area contributed by atoms with Gasteiger partial charge in [0.15, 0.2) is 0 Å². The first-order valence-corrected chi connectivity index (χ1v) is 6.59. The minimum atomic E-state index is 0.292. The standard InChI is InChI=1S/C14H24N4/c1-17-8-9-18(2)14(11-17)13(16-15)10-12-6-4-3-5-7-12/h3-7,13-14,16H,8-11,15H2,1-2H3. The molecule has 0 bridgehead atoms. The van der Waals surface area contributed by atoms with Crippen molar-refractivity contribution < 1.29 is 0 Å². The fourth-order valence-electron chi connectivity index (χ4n) is 2.65. The van der Waals surface area contributed by atoms with E-state index < -0.39 is 0 Å². The Morgan fingerprint density at radius 1 is 1.28 bits per heavy atom. The molecule has 0 aromatic heterocycles. The third-order valence-corrected chi connectivity index (χ3v) is 3.88. The van der Waals surface area contributed by atoms with E-state index in [-0.39, 0.29) is 0 Å². The van der Waals surface area contributed by atoms with Crippen molar-refractivity contribution in [3.63, 3.8) is 0 Å². The van der Waals surface area contributed by atoms with E-state index in [4.69, 9.17) is 5.84 Å². The Morgan fingerprint density at radius 3 is 2.67 bits per heavy atom. The lowest BCUT2D eigenvalue weighted by molar-refractivity contribution is 0.0877. The molecule has 0 radical (unpaired) electrons. The summed E-state index contributed by atoms with van der Waals surface area (Å²) < 4.78 is 0. The average Bonchev–Trinajstić information content (AvgIpc) is 2.40. The van der Waals surface area contributed by atoms with E-state index in [2.05, 4.69) is 59.7 Å². The van der Waals surface area contributed by atoms with Gasteiger partial charge in [-0.15, -0.1) is 0 Å². The summed E-state index contributed by atoms with van der Waals surface area (Å²) in [6, 6.07) is 11.3. The van der Waals surface area contributed by atoms with Crippen LogP contribution in [-0.4, -0.2) is 55.6 Å². The molecule has 2 unspecified atom stereocenters. The van der Waals surface area contributed by atoms with Gasteiger partial charge in [-0.1, -0.05) is 30.3 Å². The number of hydrogen-bond donors (Lipinski definition) is 2. The molecule has 1 aliphatic heterocycles. The van der Waals surface area contributed by atoms with Crippen LogP contribution >= 0.6 is 0 Å². The first kappa shape index (κ1) is 13.5. The monoisotopic (exact) mass is 248 g/mol. The van der Waals surface area contributed by atoms with E-state index in [1.54, 1.807) is 0 Å². The lowest BCUT2D eigenvalue weighted by atomic mass is 9.97. The molecule has 1 heterocycles. The molecule has 0 saturated carbocycles. The lowest BCUT2D eigenvalue weighted by Crippen LogP contribution is -2.60. The van der Waals surface area contributed by atoms with Gasteiger partial charge in [0.2, 0.25) is 0 Å². The van der Waals surface area contributed by atoms with E-state index >= 15 is 0 Å². The van der Waals surface area contributed by atoms with Crippen molar-refractivity contribution in [1.29, 1.82) is 0 Å². The number of nitrogens with one attached hydrogen (secondary N) is 1. The van der Waals surface area contributed by atoms with Crippen LogP contribution in [0.4, 0.5) is 0 Å². The predicted molar refractivity (Wildman–Crippen MR) is 75.2 cm³/mol. The molecule has 1 aliphatic rings. The second-order valence-corrected chi connectivity index (χ2v) is 5.27. The van der Waals surface area contributed by atoms with Crippen LogP contribution in [0.15, 0.2) is 30.3 Å².